The van der Waals surface area contributed by atoms with Crippen molar-refractivity contribution < 1.29 is 14.3 Å². The summed E-state index contributed by atoms with van der Waals surface area (Å²) in [6, 6.07) is 7.97. The van der Waals surface area contributed by atoms with Crippen molar-refractivity contribution in [3.8, 4) is 5.75 Å². The molecule has 0 atom stereocenters. The molecule has 2 aromatic rings. The van der Waals surface area contributed by atoms with Crippen LogP contribution >= 0.6 is 11.3 Å². The predicted molar refractivity (Wildman–Crippen MR) is 99.8 cm³/mol. The molecule has 0 unspecified atom stereocenters. The summed E-state index contributed by atoms with van der Waals surface area (Å²) in [6.45, 7) is 6.25. The number of thiazole rings is 1. The van der Waals surface area contributed by atoms with Crippen LogP contribution in [-0.4, -0.2) is 36.1 Å². The molecule has 0 aliphatic carbocycles. The zero-order valence-corrected chi connectivity index (χ0v) is 16.0. The van der Waals surface area contributed by atoms with E-state index in [9.17, 15) is 4.79 Å². The van der Waals surface area contributed by atoms with Gasteiger partial charge < -0.3 is 14.4 Å². The minimum absolute atomic E-state index is 0.140. The zero-order valence-electron chi connectivity index (χ0n) is 15.2. The summed E-state index contributed by atoms with van der Waals surface area (Å²) in [5.41, 5.74) is 2.08. The van der Waals surface area contributed by atoms with Gasteiger partial charge in [-0.1, -0.05) is 19.1 Å². The van der Waals surface area contributed by atoms with E-state index in [4.69, 9.17) is 9.47 Å². The van der Waals surface area contributed by atoms with Gasteiger partial charge in [-0.15, -0.1) is 11.3 Å². The van der Waals surface area contributed by atoms with Crippen molar-refractivity contribution in [3.63, 3.8) is 0 Å². The van der Waals surface area contributed by atoms with Crippen molar-refractivity contribution in [1.29, 1.82) is 0 Å². The van der Waals surface area contributed by atoms with Gasteiger partial charge in [0.1, 0.15) is 17.4 Å². The summed E-state index contributed by atoms with van der Waals surface area (Å²) in [6.07, 6.45) is 1.33. The molecule has 2 rings (SSSR count). The molecular weight excluding hydrogens is 336 g/mol. The molecule has 1 aromatic carbocycles. The Morgan fingerprint density at radius 3 is 2.92 bits per heavy atom. The molecule has 1 aromatic heterocycles. The van der Waals surface area contributed by atoms with Crippen LogP contribution in [0.3, 0.4) is 0 Å². The summed E-state index contributed by atoms with van der Waals surface area (Å²) in [5, 5.41) is 2.92. The summed E-state index contributed by atoms with van der Waals surface area (Å²) >= 11 is 1.56. The van der Waals surface area contributed by atoms with E-state index in [0.29, 0.717) is 32.7 Å². The number of methoxy groups -OCH3 is 1. The molecule has 0 spiro atoms. The van der Waals surface area contributed by atoms with Crippen LogP contribution in [0.15, 0.2) is 29.6 Å². The number of nitrogens with zero attached hydrogens (tertiary/aromatic N) is 2. The van der Waals surface area contributed by atoms with Gasteiger partial charge in [0.2, 0.25) is 5.91 Å². The van der Waals surface area contributed by atoms with Crippen LogP contribution in [0.2, 0.25) is 0 Å². The Morgan fingerprint density at radius 1 is 1.36 bits per heavy atom. The summed E-state index contributed by atoms with van der Waals surface area (Å²) in [5.74, 6) is 0.987. The molecule has 0 saturated carbocycles. The number of carbonyl (C=O) groups is 1. The number of aryl methyl sites for hydroxylation is 1. The average molecular weight is 362 g/mol. The van der Waals surface area contributed by atoms with Gasteiger partial charge >= 0.3 is 0 Å². The van der Waals surface area contributed by atoms with Gasteiger partial charge in [0.25, 0.3) is 0 Å². The van der Waals surface area contributed by atoms with Crippen LogP contribution in [0.5, 0.6) is 5.75 Å². The molecule has 0 radical (unpaired) electrons. The van der Waals surface area contributed by atoms with Crippen molar-refractivity contribution in [3.05, 3.63) is 45.9 Å². The first-order chi connectivity index (χ1) is 12.1. The number of amides is 1. The van der Waals surface area contributed by atoms with E-state index < -0.39 is 0 Å². The number of aromatic nitrogens is 1. The second kappa shape index (κ2) is 10.2. The van der Waals surface area contributed by atoms with Crippen molar-refractivity contribution in [2.75, 3.05) is 20.3 Å². The summed E-state index contributed by atoms with van der Waals surface area (Å²) < 4.78 is 10.9. The molecule has 5 nitrogen and oxygen atoms in total. The number of ether oxygens (including phenoxy) is 2. The third-order valence-corrected chi connectivity index (χ3v) is 4.61. The van der Waals surface area contributed by atoms with Crippen molar-refractivity contribution in [1.82, 2.24) is 9.88 Å². The van der Waals surface area contributed by atoms with Crippen LogP contribution in [-0.2, 0) is 22.7 Å². The van der Waals surface area contributed by atoms with Crippen LogP contribution in [0.4, 0.5) is 0 Å². The lowest BCUT2D eigenvalue weighted by atomic mass is 10.2. The van der Waals surface area contributed by atoms with E-state index in [1.165, 1.54) is 5.56 Å². The lowest BCUT2D eigenvalue weighted by Crippen LogP contribution is -2.31. The van der Waals surface area contributed by atoms with Gasteiger partial charge in [0, 0.05) is 32.1 Å². The molecule has 136 valence electrons. The molecule has 25 heavy (non-hydrogen) atoms. The fraction of sp³-hybridized carbons (Fsp3) is 0.474. The minimum Gasteiger partial charge on any atom is -0.486 e. The maximum absolute atomic E-state index is 12.1. The maximum atomic E-state index is 12.1. The largest absolute Gasteiger partial charge is 0.486 e. The van der Waals surface area contributed by atoms with Gasteiger partial charge in [-0.3, -0.25) is 4.79 Å². The fourth-order valence-electron chi connectivity index (χ4n) is 2.45. The highest BCUT2D eigenvalue weighted by atomic mass is 32.1. The Hall–Kier alpha value is -1.92. The first-order valence-electron chi connectivity index (χ1n) is 8.51. The first kappa shape index (κ1) is 19.4. The number of hydrogen-bond acceptors (Lipinski definition) is 5. The van der Waals surface area contributed by atoms with Crippen molar-refractivity contribution >= 4 is 17.2 Å². The van der Waals surface area contributed by atoms with Gasteiger partial charge in [-0.2, -0.15) is 0 Å². The normalized spacial score (nSPS) is 10.7. The molecule has 0 bridgehead atoms. The van der Waals surface area contributed by atoms with E-state index in [1.807, 2.05) is 48.4 Å². The SMILES string of the molecule is CCC(=O)N(CCCOC)Cc1csc(COc2cccc(C)c2)n1. The van der Waals surface area contributed by atoms with Crippen LogP contribution in [0.25, 0.3) is 0 Å². The zero-order chi connectivity index (χ0) is 18.1. The Bertz CT molecular complexity index is 672. The van der Waals surface area contributed by atoms with E-state index in [1.54, 1.807) is 18.4 Å². The van der Waals surface area contributed by atoms with E-state index in [2.05, 4.69) is 4.98 Å². The minimum atomic E-state index is 0.140. The molecule has 0 N–H and O–H groups in total. The topological polar surface area (TPSA) is 51.7 Å². The number of benzene rings is 1. The number of rotatable bonds is 10. The van der Waals surface area contributed by atoms with E-state index in [-0.39, 0.29) is 5.91 Å². The van der Waals surface area contributed by atoms with Crippen molar-refractivity contribution in [2.45, 2.75) is 39.8 Å². The third-order valence-electron chi connectivity index (χ3n) is 3.74. The Kier molecular flexibility index (Phi) is 7.88. The quantitative estimate of drug-likeness (QED) is 0.603. The smallest absolute Gasteiger partial charge is 0.222 e. The highest BCUT2D eigenvalue weighted by molar-refractivity contribution is 7.09. The molecular formula is C19H26N2O3S. The standard InChI is InChI=1S/C19H26N2O3S/c1-4-19(22)21(9-6-10-23-3)12-16-14-25-18(20-16)13-24-17-8-5-7-15(2)11-17/h5,7-8,11,14H,4,6,9-10,12-13H2,1-3H3. The number of hydrogen-bond donors (Lipinski definition) is 0. The maximum Gasteiger partial charge on any atom is 0.222 e. The van der Waals surface area contributed by atoms with Crippen LogP contribution < -0.4 is 4.74 Å². The van der Waals surface area contributed by atoms with Gasteiger partial charge in [-0.25, -0.2) is 4.98 Å². The van der Waals surface area contributed by atoms with Gasteiger partial charge in [-0.05, 0) is 31.0 Å². The van der Waals surface area contributed by atoms with E-state index >= 15 is 0 Å². The van der Waals surface area contributed by atoms with E-state index in [0.717, 1.165) is 22.9 Å². The highest BCUT2D eigenvalue weighted by Crippen LogP contribution is 2.17. The number of carbonyl (C=O) groups excluding carboxylic acids is 1. The Morgan fingerprint density at radius 2 is 2.20 bits per heavy atom. The lowest BCUT2D eigenvalue weighted by molar-refractivity contribution is -0.131. The molecule has 1 amide bonds. The summed E-state index contributed by atoms with van der Waals surface area (Å²) in [4.78, 5) is 18.5. The predicted octanol–water partition coefficient (Wildman–Crippen LogP) is 3.81. The fourth-order valence-corrected chi connectivity index (χ4v) is 3.15. The highest BCUT2D eigenvalue weighted by Gasteiger charge is 2.14. The first-order valence-corrected chi connectivity index (χ1v) is 9.39. The van der Waals surface area contributed by atoms with Gasteiger partial charge in [0.15, 0.2) is 0 Å². The molecule has 0 saturated heterocycles. The van der Waals surface area contributed by atoms with Crippen molar-refractivity contribution in [2.24, 2.45) is 0 Å². The molecule has 6 heteroatoms. The summed E-state index contributed by atoms with van der Waals surface area (Å²) in [7, 11) is 1.67. The Labute approximate surface area is 153 Å². The van der Waals surface area contributed by atoms with Gasteiger partial charge in [0.05, 0.1) is 12.2 Å². The Balaban J connectivity index is 1.90. The third kappa shape index (κ3) is 6.48. The molecule has 0 fully saturated rings. The van der Waals surface area contributed by atoms with Crippen LogP contribution in [0.1, 0.15) is 36.0 Å². The molecule has 1 heterocycles. The second-order valence-corrected chi connectivity index (χ2v) is 6.80. The monoisotopic (exact) mass is 362 g/mol. The molecule has 0 aliphatic heterocycles. The second-order valence-electron chi connectivity index (χ2n) is 5.85. The molecule has 0 aliphatic rings. The lowest BCUT2D eigenvalue weighted by Gasteiger charge is -2.21. The van der Waals surface area contributed by atoms with Crippen LogP contribution in [0, 0.1) is 6.92 Å². The average Bonchev–Trinajstić information content (AvgIpc) is 3.06.